The quantitative estimate of drug-likeness (QED) is 0.140. The van der Waals surface area contributed by atoms with Crippen LogP contribution in [0.15, 0.2) is 18.2 Å². The maximum atomic E-state index is 13.6. The molecule has 1 heterocycles. The van der Waals surface area contributed by atoms with Crippen molar-refractivity contribution in [3.8, 4) is 12.3 Å². The Bertz CT molecular complexity index is 1390. The van der Waals surface area contributed by atoms with E-state index in [-0.39, 0.29) is 34.1 Å². The van der Waals surface area contributed by atoms with Gasteiger partial charge in [-0.15, -0.1) is 6.42 Å². The number of ketones is 1. The average molecular weight is 567 g/mol. The number of benzene rings is 1. The van der Waals surface area contributed by atoms with Crippen LogP contribution < -0.4 is 16.4 Å². The number of alkyl halides is 3. The number of halogens is 4. The zero-order valence-electron chi connectivity index (χ0n) is 22.7. The SMILES string of the molecule is C#CC(C)(COC(=O)C(N)C(C)C)NC(=O)C(=O)c1c(C)c(C(=O)Nc2ccc(F)c(C(F)(F)F)c2)n(C)c1C. The number of hydrogen-bond acceptors (Lipinski definition) is 6. The molecule has 0 bridgehead atoms. The van der Waals surface area contributed by atoms with Gasteiger partial charge in [-0.2, -0.15) is 13.2 Å². The molecular weight excluding hydrogens is 536 g/mol. The van der Waals surface area contributed by atoms with E-state index < -0.39 is 59.3 Å². The lowest BCUT2D eigenvalue weighted by Crippen LogP contribution is -2.52. The van der Waals surface area contributed by atoms with Crippen LogP contribution in [0.5, 0.6) is 0 Å². The molecular formula is C27H30F4N4O5. The molecule has 0 fully saturated rings. The first-order chi connectivity index (χ1) is 18.3. The van der Waals surface area contributed by atoms with Crippen LogP contribution in [0.2, 0.25) is 0 Å². The highest BCUT2D eigenvalue weighted by molar-refractivity contribution is 6.44. The van der Waals surface area contributed by atoms with Gasteiger partial charge in [-0.3, -0.25) is 19.2 Å². The van der Waals surface area contributed by atoms with Crippen LogP contribution in [-0.2, 0) is 27.5 Å². The molecule has 2 amide bonds. The molecule has 0 radical (unpaired) electrons. The van der Waals surface area contributed by atoms with Crippen molar-refractivity contribution in [3.05, 3.63) is 52.1 Å². The topological polar surface area (TPSA) is 133 Å². The lowest BCUT2D eigenvalue weighted by molar-refractivity contribution is -0.148. The number of terminal acetylenes is 1. The Morgan fingerprint density at radius 3 is 2.30 bits per heavy atom. The maximum absolute atomic E-state index is 13.6. The summed E-state index contributed by atoms with van der Waals surface area (Å²) in [5.41, 5.74) is 2.27. The van der Waals surface area contributed by atoms with Gasteiger partial charge in [-0.25, -0.2) is 4.39 Å². The summed E-state index contributed by atoms with van der Waals surface area (Å²) >= 11 is 0. The van der Waals surface area contributed by atoms with E-state index in [1.54, 1.807) is 13.8 Å². The van der Waals surface area contributed by atoms with E-state index in [1.165, 1.54) is 32.4 Å². The van der Waals surface area contributed by atoms with Crippen LogP contribution in [0.1, 0.15) is 58.4 Å². The molecule has 0 spiro atoms. The zero-order valence-corrected chi connectivity index (χ0v) is 22.7. The molecule has 4 N–H and O–H groups in total. The minimum absolute atomic E-state index is 0.0625. The second kappa shape index (κ2) is 11.9. The molecule has 0 saturated heterocycles. The third kappa shape index (κ3) is 6.87. The van der Waals surface area contributed by atoms with Gasteiger partial charge < -0.3 is 25.7 Å². The largest absolute Gasteiger partial charge is 0.461 e. The molecule has 40 heavy (non-hydrogen) atoms. The fourth-order valence-corrected chi connectivity index (χ4v) is 3.76. The van der Waals surface area contributed by atoms with E-state index in [4.69, 9.17) is 16.9 Å². The third-order valence-corrected chi connectivity index (χ3v) is 6.31. The number of hydrogen-bond donors (Lipinski definition) is 3. The minimum Gasteiger partial charge on any atom is -0.461 e. The van der Waals surface area contributed by atoms with Crippen LogP contribution in [-0.4, -0.2) is 46.3 Å². The molecule has 0 aliphatic heterocycles. The molecule has 0 saturated carbocycles. The molecule has 1 aromatic heterocycles. The van der Waals surface area contributed by atoms with E-state index in [0.29, 0.717) is 12.1 Å². The van der Waals surface area contributed by atoms with Gasteiger partial charge in [-0.05, 0) is 50.5 Å². The standard InChI is InChI=1S/C27H30F4N4O5/c1-8-26(6,12-40-25(39)20(32)13(2)3)34-24(38)22(36)19-14(4)21(35(7)15(19)5)23(37)33-16-9-10-18(28)17(11-16)27(29,30)31/h1,9-11,13,20H,12,32H2,2-7H3,(H,33,37)(H,34,38). The molecule has 0 aliphatic rings. The van der Waals surface area contributed by atoms with Gasteiger partial charge >= 0.3 is 12.1 Å². The molecule has 2 atom stereocenters. The number of nitrogens with two attached hydrogens (primary N) is 1. The van der Waals surface area contributed by atoms with Gasteiger partial charge in [-0.1, -0.05) is 19.8 Å². The van der Waals surface area contributed by atoms with Gasteiger partial charge in [0.15, 0.2) is 0 Å². The molecule has 9 nitrogen and oxygen atoms in total. The number of anilines is 1. The second-order valence-electron chi connectivity index (χ2n) is 9.78. The van der Waals surface area contributed by atoms with Gasteiger partial charge in [0.05, 0.1) is 11.1 Å². The first kappa shape index (κ1) is 32.0. The van der Waals surface area contributed by atoms with Crippen LogP contribution >= 0.6 is 0 Å². The van der Waals surface area contributed by atoms with E-state index in [2.05, 4.69) is 16.6 Å². The van der Waals surface area contributed by atoms with Crippen LogP contribution in [0.25, 0.3) is 0 Å². The number of esters is 1. The number of carbonyl (C=O) groups excluding carboxylic acids is 4. The van der Waals surface area contributed by atoms with Crippen molar-refractivity contribution in [2.45, 2.75) is 52.4 Å². The summed E-state index contributed by atoms with van der Waals surface area (Å²) < 4.78 is 59.2. The molecule has 216 valence electrons. The van der Waals surface area contributed by atoms with E-state index in [1.807, 2.05) is 0 Å². The van der Waals surface area contributed by atoms with Gasteiger partial charge in [0, 0.05) is 18.4 Å². The summed E-state index contributed by atoms with van der Waals surface area (Å²) in [4.78, 5) is 51.1. The monoisotopic (exact) mass is 566 g/mol. The molecule has 2 rings (SSSR count). The molecule has 0 aliphatic carbocycles. The highest BCUT2D eigenvalue weighted by atomic mass is 19.4. The number of rotatable bonds is 9. The van der Waals surface area contributed by atoms with Crippen molar-refractivity contribution in [1.29, 1.82) is 0 Å². The van der Waals surface area contributed by atoms with Crippen molar-refractivity contribution >= 4 is 29.3 Å². The zero-order chi connectivity index (χ0) is 30.7. The fraction of sp³-hybridized carbons (Fsp3) is 0.407. The Balaban J connectivity index is 2.29. The van der Waals surface area contributed by atoms with Crippen molar-refractivity contribution in [3.63, 3.8) is 0 Å². The lowest BCUT2D eigenvalue weighted by atomic mass is 10.0. The Labute approximate surface area is 228 Å². The van der Waals surface area contributed by atoms with Crippen molar-refractivity contribution in [1.82, 2.24) is 9.88 Å². The lowest BCUT2D eigenvalue weighted by Gasteiger charge is -2.25. The van der Waals surface area contributed by atoms with Crippen molar-refractivity contribution < 1.29 is 41.5 Å². The predicted molar refractivity (Wildman–Crippen MR) is 138 cm³/mol. The Morgan fingerprint density at radius 1 is 1.18 bits per heavy atom. The van der Waals surface area contributed by atoms with Gasteiger partial charge in [0.25, 0.3) is 17.6 Å². The molecule has 1 aromatic carbocycles. The van der Waals surface area contributed by atoms with E-state index >= 15 is 0 Å². The van der Waals surface area contributed by atoms with Gasteiger partial charge in [0.2, 0.25) is 0 Å². The number of amides is 2. The number of nitrogens with zero attached hydrogens (tertiary/aromatic N) is 1. The highest BCUT2D eigenvalue weighted by Crippen LogP contribution is 2.33. The average Bonchev–Trinajstić information content (AvgIpc) is 3.09. The number of ether oxygens (including phenoxy) is 1. The summed E-state index contributed by atoms with van der Waals surface area (Å²) in [6.07, 6.45) is 0.529. The molecule has 13 heteroatoms. The van der Waals surface area contributed by atoms with Crippen LogP contribution in [0.3, 0.4) is 0 Å². The van der Waals surface area contributed by atoms with Crippen molar-refractivity contribution in [2.75, 3.05) is 11.9 Å². The summed E-state index contributed by atoms with van der Waals surface area (Å²) in [5.74, 6) is -3.31. The smallest absolute Gasteiger partial charge is 0.419 e. The summed E-state index contributed by atoms with van der Waals surface area (Å²) in [7, 11) is 1.42. The van der Waals surface area contributed by atoms with Gasteiger partial charge in [0.1, 0.15) is 29.7 Å². The maximum Gasteiger partial charge on any atom is 0.419 e. The Morgan fingerprint density at radius 2 is 1.77 bits per heavy atom. The Hall–Kier alpha value is -4.18. The summed E-state index contributed by atoms with van der Waals surface area (Å²) in [6.45, 7) is 7.15. The second-order valence-corrected chi connectivity index (χ2v) is 9.78. The molecule has 2 unspecified atom stereocenters. The first-order valence-electron chi connectivity index (χ1n) is 11.9. The summed E-state index contributed by atoms with van der Waals surface area (Å²) in [6, 6.07) is 1.04. The summed E-state index contributed by atoms with van der Waals surface area (Å²) in [5, 5.41) is 4.60. The highest BCUT2D eigenvalue weighted by Gasteiger charge is 2.36. The fourth-order valence-electron chi connectivity index (χ4n) is 3.76. The molecule has 2 aromatic rings. The number of carbonyl (C=O) groups is 4. The predicted octanol–water partition coefficient (Wildman–Crippen LogP) is 3.27. The minimum atomic E-state index is -4.99. The van der Waals surface area contributed by atoms with E-state index in [0.717, 1.165) is 6.07 Å². The van der Waals surface area contributed by atoms with Crippen molar-refractivity contribution in [2.24, 2.45) is 18.7 Å². The van der Waals surface area contributed by atoms with Crippen LogP contribution in [0.4, 0.5) is 23.2 Å². The Kier molecular flexibility index (Phi) is 9.54. The first-order valence-corrected chi connectivity index (χ1v) is 11.9. The van der Waals surface area contributed by atoms with Crippen LogP contribution in [0, 0.1) is 37.9 Å². The third-order valence-electron chi connectivity index (χ3n) is 6.31. The number of Topliss-reactive ketones (excluding diaryl/α,β-unsaturated/α-hetero) is 1. The number of aromatic nitrogens is 1. The normalized spacial score (nSPS) is 13.7. The van der Waals surface area contributed by atoms with E-state index in [9.17, 15) is 36.7 Å². The number of nitrogens with one attached hydrogen (secondary N) is 2.